The molecule has 0 atom stereocenters. The molecule has 1 aliphatic rings. The Bertz CT molecular complexity index is 300. The first-order valence-electron chi connectivity index (χ1n) is 5.45. The number of hydrogen-bond donors (Lipinski definition) is 4. The molecule has 0 unspecified atom stereocenters. The third kappa shape index (κ3) is 4.40. The number of hydrogen-bond acceptors (Lipinski definition) is 4. The minimum Gasteiger partial charge on any atom is -0.382 e. The van der Waals surface area contributed by atoms with E-state index in [1.54, 1.807) is 0 Å². The molecule has 1 heterocycles. The van der Waals surface area contributed by atoms with Crippen LogP contribution in [0.2, 0.25) is 0 Å². The summed E-state index contributed by atoms with van der Waals surface area (Å²) in [6, 6.07) is 0. The third-order valence-corrected chi connectivity index (χ3v) is 6.39. The summed E-state index contributed by atoms with van der Waals surface area (Å²) in [4.78, 5) is 35.2. The average Bonchev–Trinajstić information content (AvgIpc) is 2.67. The average molecular weight is 306 g/mol. The van der Waals surface area contributed by atoms with Crippen LogP contribution in [0.1, 0.15) is 26.7 Å². The molecule has 0 aromatic rings. The van der Waals surface area contributed by atoms with Gasteiger partial charge in [0.25, 0.3) is 5.08 Å². The van der Waals surface area contributed by atoms with Gasteiger partial charge < -0.3 is 29.0 Å². The minimum atomic E-state index is -4.95. The molecule has 0 radical (unpaired) electrons. The van der Waals surface area contributed by atoms with E-state index in [-0.39, 0.29) is 19.4 Å². The highest BCUT2D eigenvalue weighted by Gasteiger charge is 2.63. The Labute approximate surface area is 106 Å². The zero-order valence-electron chi connectivity index (χ0n) is 10.4. The maximum absolute atomic E-state index is 10.9. The van der Waals surface area contributed by atoms with E-state index in [9.17, 15) is 9.13 Å². The molecule has 1 saturated heterocycles. The van der Waals surface area contributed by atoms with E-state index in [4.69, 9.17) is 24.3 Å². The van der Waals surface area contributed by atoms with Gasteiger partial charge >= 0.3 is 15.2 Å². The highest BCUT2D eigenvalue weighted by molar-refractivity contribution is 7.72. The normalized spacial score (nSPS) is 19.2. The van der Waals surface area contributed by atoms with Crippen LogP contribution in [0.4, 0.5) is 0 Å². The lowest BCUT2D eigenvalue weighted by molar-refractivity contribution is 0.0862. The van der Waals surface area contributed by atoms with Gasteiger partial charge in [0.15, 0.2) is 0 Å². The molecule has 0 saturated carbocycles. The van der Waals surface area contributed by atoms with Gasteiger partial charge in [-0.05, 0) is 20.3 Å². The second-order valence-corrected chi connectivity index (χ2v) is 7.54. The van der Waals surface area contributed by atoms with Crippen molar-refractivity contribution in [1.29, 1.82) is 0 Å². The minimum absolute atomic E-state index is 0.0454. The molecule has 0 aromatic carbocycles. The van der Waals surface area contributed by atoms with Gasteiger partial charge in [-0.1, -0.05) is 0 Å². The zero-order valence-corrected chi connectivity index (χ0v) is 12.1. The first-order valence-corrected chi connectivity index (χ1v) is 8.68. The Morgan fingerprint density at radius 2 is 1.56 bits per heavy atom. The zero-order chi connectivity index (χ0) is 14.4. The van der Waals surface area contributed by atoms with Gasteiger partial charge in [0.05, 0.1) is 0 Å². The lowest BCUT2D eigenvalue weighted by atomic mass is 10.4. The van der Waals surface area contributed by atoms with Crippen LogP contribution in [0.3, 0.4) is 0 Å². The van der Waals surface area contributed by atoms with Crippen molar-refractivity contribution >= 4 is 15.2 Å². The van der Waals surface area contributed by atoms with Crippen LogP contribution in [-0.2, 0) is 18.6 Å². The molecule has 1 fully saturated rings. The maximum atomic E-state index is 10.9. The predicted octanol–water partition coefficient (Wildman–Crippen LogP) is 0.849. The Hall–Kier alpha value is 0.220. The van der Waals surface area contributed by atoms with Crippen molar-refractivity contribution in [3.05, 3.63) is 0 Å². The van der Waals surface area contributed by atoms with Crippen molar-refractivity contribution in [2.24, 2.45) is 0 Å². The fraction of sp³-hybridized carbons (Fsp3) is 1.00. The summed E-state index contributed by atoms with van der Waals surface area (Å²) < 4.78 is 31.1. The molecule has 0 spiro atoms. The fourth-order valence-electron chi connectivity index (χ4n) is 1.44. The molecule has 0 aromatic heterocycles. The SMILES string of the molecule is CCOCC.O=P(O)(O)C1(P(=O)(O)O)CCCO1. The number of rotatable bonds is 4. The van der Waals surface area contributed by atoms with Crippen LogP contribution in [-0.4, -0.2) is 44.5 Å². The Kier molecular flexibility index (Phi) is 7.21. The molecule has 1 aliphatic heterocycles. The summed E-state index contributed by atoms with van der Waals surface area (Å²) in [6.07, 6.45) is -0.0855. The van der Waals surface area contributed by atoms with Crippen LogP contribution >= 0.6 is 15.2 Å². The van der Waals surface area contributed by atoms with Crippen molar-refractivity contribution in [1.82, 2.24) is 0 Å². The standard InChI is InChI=1S/C4H10O7P2.C4H10O/c5-12(6,7)4(13(8,9)10)2-1-3-11-4;1-3-5-4-2/h1-3H2,(H2,5,6,7)(H2,8,9,10);3-4H2,1-2H3. The molecule has 10 heteroatoms. The largest absolute Gasteiger partial charge is 0.382 e. The molecule has 4 N–H and O–H groups in total. The molecule has 0 bridgehead atoms. The van der Waals surface area contributed by atoms with Gasteiger partial charge in [0.1, 0.15) is 0 Å². The van der Waals surface area contributed by atoms with Crippen molar-refractivity contribution in [3.63, 3.8) is 0 Å². The fourth-order valence-corrected chi connectivity index (χ4v) is 4.22. The van der Waals surface area contributed by atoms with Crippen LogP contribution in [0.25, 0.3) is 0 Å². The lowest BCUT2D eigenvalue weighted by Gasteiger charge is -2.28. The quantitative estimate of drug-likeness (QED) is 0.562. The summed E-state index contributed by atoms with van der Waals surface area (Å²) in [5.41, 5.74) is 0. The van der Waals surface area contributed by atoms with E-state index in [1.807, 2.05) is 13.8 Å². The third-order valence-electron chi connectivity index (χ3n) is 2.30. The van der Waals surface area contributed by atoms with Crippen molar-refractivity contribution in [2.45, 2.75) is 31.8 Å². The molecular weight excluding hydrogens is 286 g/mol. The van der Waals surface area contributed by atoms with Crippen molar-refractivity contribution in [2.75, 3.05) is 19.8 Å². The molecule has 0 amide bonds. The summed E-state index contributed by atoms with van der Waals surface area (Å²) in [7, 11) is -9.90. The van der Waals surface area contributed by atoms with E-state index >= 15 is 0 Å². The first-order chi connectivity index (χ1) is 8.12. The smallest absolute Gasteiger partial charge is 0.369 e. The highest BCUT2D eigenvalue weighted by atomic mass is 31.2. The van der Waals surface area contributed by atoms with Gasteiger partial charge in [0, 0.05) is 26.2 Å². The monoisotopic (exact) mass is 306 g/mol. The lowest BCUT2D eigenvalue weighted by Crippen LogP contribution is -2.27. The highest BCUT2D eigenvalue weighted by Crippen LogP contribution is 2.72. The van der Waals surface area contributed by atoms with E-state index < -0.39 is 20.3 Å². The van der Waals surface area contributed by atoms with Crippen LogP contribution in [0.5, 0.6) is 0 Å². The Morgan fingerprint density at radius 3 is 1.67 bits per heavy atom. The van der Waals surface area contributed by atoms with Crippen LogP contribution < -0.4 is 0 Å². The number of ether oxygens (including phenoxy) is 2. The topological polar surface area (TPSA) is 134 Å². The molecular formula is C8H20O8P2. The van der Waals surface area contributed by atoms with Crippen molar-refractivity contribution in [3.8, 4) is 0 Å². The van der Waals surface area contributed by atoms with Gasteiger partial charge in [-0.3, -0.25) is 9.13 Å². The molecule has 18 heavy (non-hydrogen) atoms. The van der Waals surface area contributed by atoms with Gasteiger partial charge in [-0.15, -0.1) is 0 Å². The second-order valence-electron chi connectivity index (χ2n) is 3.56. The van der Waals surface area contributed by atoms with Crippen LogP contribution in [0.15, 0.2) is 0 Å². The predicted molar refractivity (Wildman–Crippen MR) is 64.2 cm³/mol. The molecule has 1 rings (SSSR count). The van der Waals surface area contributed by atoms with E-state index in [0.717, 1.165) is 13.2 Å². The van der Waals surface area contributed by atoms with E-state index in [1.165, 1.54) is 0 Å². The Morgan fingerprint density at radius 1 is 1.11 bits per heavy atom. The molecule has 0 aliphatic carbocycles. The molecule has 110 valence electrons. The molecule has 8 nitrogen and oxygen atoms in total. The first kappa shape index (κ1) is 18.2. The summed E-state index contributed by atoms with van der Waals surface area (Å²) >= 11 is 0. The Balaban J connectivity index is 0.000000494. The van der Waals surface area contributed by atoms with E-state index in [0.29, 0.717) is 0 Å². The van der Waals surface area contributed by atoms with Gasteiger partial charge in [-0.2, -0.15) is 0 Å². The maximum Gasteiger partial charge on any atom is 0.369 e. The van der Waals surface area contributed by atoms with Gasteiger partial charge in [0.2, 0.25) is 0 Å². The van der Waals surface area contributed by atoms with Crippen LogP contribution in [0, 0.1) is 0 Å². The second kappa shape index (κ2) is 7.12. The summed E-state index contributed by atoms with van der Waals surface area (Å²) in [6.45, 7) is 5.62. The summed E-state index contributed by atoms with van der Waals surface area (Å²) in [5.74, 6) is 0. The summed E-state index contributed by atoms with van der Waals surface area (Å²) in [5, 5.41) is -2.60. The van der Waals surface area contributed by atoms with Gasteiger partial charge in [-0.25, -0.2) is 0 Å². The van der Waals surface area contributed by atoms with E-state index in [2.05, 4.69) is 4.74 Å². The van der Waals surface area contributed by atoms with Crippen molar-refractivity contribution < 1.29 is 38.2 Å².